The van der Waals surface area contributed by atoms with E-state index >= 15 is 4.39 Å². The minimum Gasteiger partial charge on any atom is -0.478 e. The lowest BCUT2D eigenvalue weighted by Crippen LogP contribution is -2.31. The molecule has 1 fully saturated rings. The van der Waals surface area contributed by atoms with Gasteiger partial charge in [-0.2, -0.15) is 0 Å². The fourth-order valence-corrected chi connectivity index (χ4v) is 4.78. The second-order valence-electron chi connectivity index (χ2n) is 8.42. The van der Waals surface area contributed by atoms with Crippen molar-refractivity contribution in [3.8, 4) is 17.0 Å². The Morgan fingerprint density at radius 2 is 2.00 bits per heavy atom. The van der Waals surface area contributed by atoms with E-state index in [2.05, 4.69) is 18.0 Å². The summed E-state index contributed by atoms with van der Waals surface area (Å²) in [7, 11) is 0. The van der Waals surface area contributed by atoms with E-state index in [1.807, 2.05) is 25.1 Å². The van der Waals surface area contributed by atoms with Crippen molar-refractivity contribution in [1.82, 2.24) is 4.98 Å². The Labute approximate surface area is 183 Å². The van der Waals surface area contributed by atoms with Gasteiger partial charge in [-0.15, -0.1) is 0 Å². The molecule has 3 unspecified atom stereocenters. The molecule has 5 heteroatoms. The molecule has 2 aliphatic rings. The number of halogens is 2. The highest BCUT2D eigenvalue weighted by Crippen LogP contribution is 2.39. The topological polar surface area (TPSA) is 31.4 Å². The van der Waals surface area contributed by atoms with Crippen LogP contribution in [-0.2, 0) is 4.74 Å². The summed E-state index contributed by atoms with van der Waals surface area (Å²) in [5, 5.41) is 0.145. The first kappa shape index (κ1) is 21.3. The van der Waals surface area contributed by atoms with Crippen LogP contribution in [0.1, 0.15) is 51.5 Å². The van der Waals surface area contributed by atoms with E-state index in [1.54, 1.807) is 12.3 Å². The van der Waals surface area contributed by atoms with Crippen LogP contribution in [0.2, 0.25) is 5.02 Å². The van der Waals surface area contributed by atoms with Gasteiger partial charge in [0, 0.05) is 35.6 Å². The number of pyridine rings is 1. The maximum atomic E-state index is 15.2. The minimum atomic E-state index is -0.351. The van der Waals surface area contributed by atoms with E-state index in [4.69, 9.17) is 21.1 Å². The zero-order valence-corrected chi connectivity index (χ0v) is 18.4. The predicted octanol–water partition coefficient (Wildman–Crippen LogP) is 6.94. The first-order chi connectivity index (χ1) is 14.6. The first-order valence-corrected chi connectivity index (χ1v) is 11.3. The highest BCUT2D eigenvalue weighted by molar-refractivity contribution is 6.33. The molecule has 1 aliphatic carbocycles. The van der Waals surface area contributed by atoms with Crippen LogP contribution in [0.25, 0.3) is 16.7 Å². The van der Waals surface area contributed by atoms with E-state index < -0.39 is 0 Å². The number of aromatic nitrogens is 1. The summed E-state index contributed by atoms with van der Waals surface area (Å²) >= 11 is 6.44. The Hall–Kier alpha value is -1.91. The molecule has 0 amide bonds. The lowest BCUT2D eigenvalue weighted by molar-refractivity contribution is -0.0449. The Morgan fingerprint density at radius 3 is 2.63 bits per heavy atom. The number of hydrogen-bond donors (Lipinski definition) is 0. The minimum absolute atomic E-state index is 0.145. The molecule has 4 rings (SSSR count). The van der Waals surface area contributed by atoms with Gasteiger partial charge in [-0.3, -0.25) is 0 Å². The standard InChI is InChI=1S/C25H29ClFNO2/c1-3-29-23-13-9-19(14-28-23)20-10-11-21(25(27)24(20)26)17-5-7-18(8-6-17)22-12-4-16(2)15-30-22/h5,9-11,13-14,16,18,22H,3-4,6-8,12,15H2,1-2H3. The van der Waals surface area contributed by atoms with Crippen LogP contribution in [0, 0.1) is 17.7 Å². The lowest BCUT2D eigenvalue weighted by Gasteiger charge is -2.34. The molecule has 0 N–H and O–H groups in total. The number of rotatable bonds is 5. The second-order valence-corrected chi connectivity index (χ2v) is 8.80. The van der Waals surface area contributed by atoms with Gasteiger partial charge >= 0.3 is 0 Å². The molecule has 2 aromatic rings. The van der Waals surface area contributed by atoms with Gasteiger partial charge in [-0.05, 0) is 62.5 Å². The van der Waals surface area contributed by atoms with Gasteiger partial charge in [0.25, 0.3) is 0 Å². The summed E-state index contributed by atoms with van der Waals surface area (Å²) in [5.41, 5.74) is 3.08. The molecule has 0 saturated carbocycles. The van der Waals surface area contributed by atoms with E-state index in [9.17, 15) is 0 Å². The summed E-state index contributed by atoms with van der Waals surface area (Å²) in [6, 6.07) is 7.36. The van der Waals surface area contributed by atoms with Gasteiger partial charge in [-0.1, -0.05) is 36.7 Å². The predicted molar refractivity (Wildman–Crippen MR) is 119 cm³/mol. The summed E-state index contributed by atoms with van der Waals surface area (Å²) in [6.07, 6.45) is 9.41. The molecule has 1 saturated heterocycles. The average molecular weight is 430 g/mol. The third-order valence-electron chi connectivity index (χ3n) is 6.28. The van der Waals surface area contributed by atoms with Crippen molar-refractivity contribution < 1.29 is 13.9 Å². The summed E-state index contributed by atoms with van der Waals surface area (Å²) in [4.78, 5) is 4.26. The molecule has 30 heavy (non-hydrogen) atoms. The molecule has 1 aliphatic heterocycles. The van der Waals surface area contributed by atoms with Gasteiger partial charge in [0.15, 0.2) is 0 Å². The van der Waals surface area contributed by atoms with Crippen molar-refractivity contribution in [1.29, 1.82) is 0 Å². The molecule has 1 aromatic heterocycles. The van der Waals surface area contributed by atoms with Crippen molar-refractivity contribution in [2.45, 2.75) is 52.1 Å². The van der Waals surface area contributed by atoms with Crippen molar-refractivity contribution in [2.75, 3.05) is 13.2 Å². The highest BCUT2D eigenvalue weighted by Gasteiger charge is 2.29. The monoisotopic (exact) mass is 429 g/mol. The Kier molecular flexibility index (Phi) is 6.74. The average Bonchev–Trinajstić information content (AvgIpc) is 2.77. The fourth-order valence-electron chi connectivity index (χ4n) is 4.51. The number of allylic oxidation sites excluding steroid dienone is 2. The van der Waals surface area contributed by atoms with Crippen LogP contribution in [0.3, 0.4) is 0 Å². The number of hydrogen-bond acceptors (Lipinski definition) is 3. The zero-order valence-electron chi connectivity index (χ0n) is 17.7. The van der Waals surface area contributed by atoms with Gasteiger partial charge in [-0.25, -0.2) is 9.37 Å². The van der Waals surface area contributed by atoms with Gasteiger partial charge in [0.2, 0.25) is 5.88 Å². The van der Waals surface area contributed by atoms with Gasteiger partial charge < -0.3 is 9.47 Å². The summed E-state index contributed by atoms with van der Waals surface area (Å²) in [5.74, 6) is 1.40. The second kappa shape index (κ2) is 9.49. The number of ether oxygens (including phenoxy) is 2. The number of benzene rings is 1. The Bertz CT molecular complexity index is 904. The zero-order chi connectivity index (χ0) is 21.1. The lowest BCUT2D eigenvalue weighted by atomic mass is 9.80. The highest BCUT2D eigenvalue weighted by atomic mass is 35.5. The SMILES string of the molecule is CCOc1ccc(-c2ccc(C3=CCC(C4CCC(C)CO4)CC3)c(F)c2Cl)cn1. The van der Waals surface area contributed by atoms with Crippen molar-refractivity contribution in [3.63, 3.8) is 0 Å². The number of nitrogens with zero attached hydrogens (tertiary/aromatic N) is 1. The fraction of sp³-hybridized carbons (Fsp3) is 0.480. The summed E-state index contributed by atoms with van der Waals surface area (Å²) < 4.78 is 26.6. The van der Waals surface area contributed by atoms with Crippen LogP contribution in [0.15, 0.2) is 36.5 Å². The van der Waals surface area contributed by atoms with E-state index in [1.165, 1.54) is 6.42 Å². The smallest absolute Gasteiger partial charge is 0.213 e. The molecule has 3 atom stereocenters. The quantitative estimate of drug-likeness (QED) is 0.515. The van der Waals surface area contributed by atoms with Crippen molar-refractivity contribution in [2.24, 2.45) is 11.8 Å². The third-order valence-corrected chi connectivity index (χ3v) is 6.65. The molecule has 1 aromatic carbocycles. The van der Waals surface area contributed by atoms with Crippen LogP contribution in [0.4, 0.5) is 4.39 Å². The maximum absolute atomic E-state index is 15.2. The van der Waals surface area contributed by atoms with E-state index in [-0.39, 0.29) is 10.8 Å². The first-order valence-electron chi connectivity index (χ1n) is 10.9. The molecule has 160 valence electrons. The molecule has 0 spiro atoms. The molecule has 0 bridgehead atoms. The Balaban J connectivity index is 1.49. The van der Waals surface area contributed by atoms with Gasteiger partial charge in [0.1, 0.15) is 5.82 Å². The van der Waals surface area contributed by atoms with Crippen molar-refractivity contribution >= 4 is 17.2 Å². The maximum Gasteiger partial charge on any atom is 0.213 e. The molecule has 2 heterocycles. The van der Waals surface area contributed by atoms with Crippen LogP contribution < -0.4 is 4.74 Å². The van der Waals surface area contributed by atoms with Crippen LogP contribution in [0.5, 0.6) is 5.88 Å². The summed E-state index contributed by atoms with van der Waals surface area (Å²) in [6.45, 7) is 5.57. The van der Waals surface area contributed by atoms with Crippen LogP contribution in [-0.4, -0.2) is 24.3 Å². The van der Waals surface area contributed by atoms with Crippen LogP contribution >= 0.6 is 11.6 Å². The van der Waals surface area contributed by atoms with Gasteiger partial charge in [0.05, 0.1) is 17.7 Å². The molecular weight excluding hydrogens is 401 g/mol. The molecule has 3 nitrogen and oxygen atoms in total. The van der Waals surface area contributed by atoms with Crippen molar-refractivity contribution in [3.05, 3.63) is 52.9 Å². The third kappa shape index (κ3) is 4.55. The molecular formula is C25H29ClFNO2. The van der Waals surface area contributed by atoms with E-state index in [0.717, 1.165) is 43.4 Å². The largest absolute Gasteiger partial charge is 0.478 e. The Morgan fingerprint density at radius 1 is 1.17 bits per heavy atom. The van der Waals surface area contributed by atoms with E-state index in [0.29, 0.717) is 41.6 Å². The molecule has 0 radical (unpaired) electrons. The normalized spacial score (nSPS) is 24.4.